The van der Waals surface area contributed by atoms with Gasteiger partial charge < -0.3 is 10.6 Å². The molecule has 1 aliphatic rings. The van der Waals surface area contributed by atoms with Crippen molar-refractivity contribution in [2.45, 2.75) is 58.5 Å². The molecule has 0 aromatic heterocycles. The van der Waals surface area contributed by atoms with Crippen molar-refractivity contribution >= 4 is 0 Å². The van der Waals surface area contributed by atoms with Gasteiger partial charge in [0.1, 0.15) is 0 Å². The van der Waals surface area contributed by atoms with Gasteiger partial charge in [-0.1, -0.05) is 20.3 Å². The fourth-order valence-corrected chi connectivity index (χ4v) is 2.86. The predicted octanol–water partition coefficient (Wildman–Crippen LogP) is 1.92. The van der Waals surface area contributed by atoms with Crippen molar-refractivity contribution in [3.05, 3.63) is 0 Å². The number of unbranched alkanes of at least 4 members (excludes halogenated alkanes) is 1. The molecule has 0 bridgehead atoms. The Hall–Kier alpha value is -0.120. The van der Waals surface area contributed by atoms with Crippen LogP contribution >= 0.6 is 0 Å². The van der Waals surface area contributed by atoms with Gasteiger partial charge in [-0.25, -0.2) is 0 Å². The maximum Gasteiger partial charge on any atom is 0.0235 e. The second-order valence-electron chi connectivity index (χ2n) is 5.44. The zero-order chi connectivity index (χ0) is 12.7. The highest BCUT2D eigenvalue weighted by molar-refractivity contribution is 4.82. The second-order valence-corrected chi connectivity index (χ2v) is 5.44. The first-order valence-electron chi connectivity index (χ1n) is 7.39. The van der Waals surface area contributed by atoms with Gasteiger partial charge >= 0.3 is 0 Å². The lowest BCUT2D eigenvalue weighted by molar-refractivity contribution is 0.210. The van der Waals surface area contributed by atoms with Gasteiger partial charge in [0.2, 0.25) is 0 Å². The molecular formula is C14H31N3. The van der Waals surface area contributed by atoms with Crippen LogP contribution in [0.2, 0.25) is 0 Å². The first-order chi connectivity index (χ1) is 8.17. The Morgan fingerprint density at radius 2 is 2.00 bits per heavy atom. The average molecular weight is 241 g/mol. The van der Waals surface area contributed by atoms with Crippen LogP contribution in [0.5, 0.6) is 0 Å². The minimum Gasteiger partial charge on any atom is -0.328 e. The highest BCUT2D eigenvalue weighted by Crippen LogP contribution is 2.16. The van der Waals surface area contributed by atoms with Crippen molar-refractivity contribution < 1.29 is 0 Å². The van der Waals surface area contributed by atoms with E-state index in [2.05, 4.69) is 30.6 Å². The summed E-state index contributed by atoms with van der Waals surface area (Å²) in [6.45, 7) is 12.9. The van der Waals surface area contributed by atoms with E-state index in [0.29, 0.717) is 6.04 Å². The highest BCUT2D eigenvalue weighted by atomic mass is 15.2. The van der Waals surface area contributed by atoms with E-state index in [4.69, 9.17) is 5.73 Å². The summed E-state index contributed by atoms with van der Waals surface area (Å²) < 4.78 is 0. The number of likely N-dealkylation sites (N-methyl/N-ethyl adjacent to an activating group) is 1. The minimum absolute atomic E-state index is 0.372. The molecule has 0 aromatic rings. The van der Waals surface area contributed by atoms with Crippen molar-refractivity contribution in [1.29, 1.82) is 0 Å². The quantitative estimate of drug-likeness (QED) is 0.659. The smallest absolute Gasteiger partial charge is 0.0235 e. The van der Waals surface area contributed by atoms with Gasteiger partial charge in [-0.15, -0.1) is 0 Å². The third kappa shape index (κ3) is 5.36. The normalized spacial score (nSPS) is 23.5. The number of nitrogens with zero attached hydrogens (tertiary/aromatic N) is 2. The van der Waals surface area contributed by atoms with E-state index in [9.17, 15) is 0 Å². The zero-order valence-electron chi connectivity index (χ0n) is 12.0. The minimum atomic E-state index is 0.372. The second kappa shape index (κ2) is 8.06. The van der Waals surface area contributed by atoms with E-state index < -0.39 is 0 Å². The molecule has 1 saturated heterocycles. The summed E-state index contributed by atoms with van der Waals surface area (Å²) in [6.07, 6.45) is 5.12. The Morgan fingerprint density at radius 3 is 2.59 bits per heavy atom. The van der Waals surface area contributed by atoms with Crippen molar-refractivity contribution in [2.75, 3.05) is 32.7 Å². The average Bonchev–Trinajstić information content (AvgIpc) is 2.75. The van der Waals surface area contributed by atoms with Gasteiger partial charge in [-0.05, 0) is 52.4 Å². The fraction of sp³-hybridized carbons (Fsp3) is 1.00. The van der Waals surface area contributed by atoms with E-state index in [0.717, 1.165) is 6.04 Å². The van der Waals surface area contributed by atoms with Crippen molar-refractivity contribution in [2.24, 2.45) is 5.73 Å². The number of likely N-dealkylation sites (tertiary alicyclic amines) is 1. The number of nitrogens with two attached hydrogens (primary N) is 1. The molecular weight excluding hydrogens is 210 g/mol. The van der Waals surface area contributed by atoms with Crippen molar-refractivity contribution in [3.8, 4) is 0 Å². The predicted molar refractivity (Wildman–Crippen MR) is 75.3 cm³/mol. The number of rotatable bonds is 8. The molecule has 1 fully saturated rings. The Labute approximate surface area is 107 Å². The SMILES string of the molecule is CCN(CC)C1CCN(CCCCC(C)N)C1. The Balaban J connectivity index is 2.13. The molecule has 0 aliphatic carbocycles. The first kappa shape index (κ1) is 14.9. The summed E-state index contributed by atoms with van der Waals surface area (Å²) >= 11 is 0. The van der Waals surface area contributed by atoms with Crippen molar-refractivity contribution in [1.82, 2.24) is 9.80 Å². The molecule has 2 unspecified atom stereocenters. The third-order valence-electron chi connectivity index (χ3n) is 3.96. The summed E-state index contributed by atoms with van der Waals surface area (Å²) in [7, 11) is 0. The van der Waals surface area contributed by atoms with Crippen LogP contribution in [0.15, 0.2) is 0 Å². The van der Waals surface area contributed by atoms with E-state index >= 15 is 0 Å². The lowest BCUT2D eigenvalue weighted by Crippen LogP contribution is -2.37. The molecule has 0 saturated carbocycles. The molecule has 1 aliphatic heterocycles. The van der Waals surface area contributed by atoms with Crippen LogP contribution in [0.3, 0.4) is 0 Å². The molecule has 1 heterocycles. The topological polar surface area (TPSA) is 32.5 Å². The van der Waals surface area contributed by atoms with Crippen molar-refractivity contribution in [3.63, 3.8) is 0 Å². The molecule has 3 nitrogen and oxygen atoms in total. The van der Waals surface area contributed by atoms with Crippen LogP contribution in [-0.2, 0) is 0 Å². The Kier molecular flexibility index (Phi) is 7.09. The Bertz CT molecular complexity index is 190. The van der Waals surface area contributed by atoms with Gasteiger partial charge in [-0.2, -0.15) is 0 Å². The highest BCUT2D eigenvalue weighted by Gasteiger charge is 2.25. The summed E-state index contributed by atoms with van der Waals surface area (Å²) in [4.78, 5) is 5.23. The number of hydrogen-bond donors (Lipinski definition) is 1. The zero-order valence-corrected chi connectivity index (χ0v) is 12.0. The maximum atomic E-state index is 5.76. The number of hydrogen-bond acceptors (Lipinski definition) is 3. The third-order valence-corrected chi connectivity index (χ3v) is 3.96. The van der Waals surface area contributed by atoms with Crippen LogP contribution in [0.25, 0.3) is 0 Å². The largest absolute Gasteiger partial charge is 0.328 e. The van der Waals surface area contributed by atoms with Gasteiger partial charge in [0.05, 0.1) is 0 Å². The van der Waals surface area contributed by atoms with Gasteiger partial charge in [0.15, 0.2) is 0 Å². The molecule has 3 heteroatoms. The van der Waals surface area contributed by atoms with Gasteiger partial charge in [0.25, 0.3) is 0 Å². The molecule has 0 aromatic carbocycles. The summed E-state index contributed by atoms with van der Waals surface area (Å²) in [6, 6.07) is 1.18. The molecule has 0 amide bonds. The molecule has 1 rings (SSSR count). The lowest BCUT2D eigenvalue weighted by Gasteiger charge is -2.26. The fourth-order valence-electron chi connectivity index (χ4n) is 2.86. The molecule has 102 valence electrons. The maximum absolute atomic E-state index is 5.76. The van der Waals surface area contributed by atoms with Crippen LogP contribution in [0.4, 0.5) is 0 Å². The van der Waals surface area contributed by atoms with E-state index in [1.807, 2.05) is 0 Å². The summed E-state index contributed by atoms with van der Waals surface area (Å²) in [5.74, 6) is 0. The molecule has 2 atom stereocenters. The van der Waals surface area contributed by atoms with E-state index in [-0.39, 0.29) is 0 Å². The van der Waals surface area contributed by atoms with Gasteiger partial charge in [-0.3, -0.25) is 4.90 Å². The Morgan fingerprint density at radius 1 is 1.29 bits per heavy atom. The van der Waals surface area contributed by atoms with Crippen LogP contribution in [0.1, 0.15) is 46.5 Å². The first-order valence-corrected chi connectivity index (χ1v) is 7.39. The lowest BCUT2D eigenvalue weighted by atomic mass is 10.1. The van der Waals surface area contributed by atoms with Gasteiger partial charge in [0, 0.05) is 18.6 Å². The standard InChI is InChI=1S/C14H31N3/c1-4-17(5-2)14-9-11-16(12-14)10-7-6-8-13(3)15/h13-14H,4-12,15H2,1-3H3. The molecule has 2 N–H and O–H groups in total. The summed E-state index contributed by atoms with van der Waals surface area (Å²) in [5, 5.41) is 0. The monoisotopic (exact) mass is 241 g/mol. The van der Waals surface area contributed by atoms with Crippen LogP contribution in [-0.4, -0.2) is 54.6 Å². The van der Waals surface area contributed by atoms with E-state index in [1.54, 1.807) is 0 Å². The molecule has 0 spiro atoms. The molecule has 0 radical (unpaired) electrons. The molecule has 17 heavy (non-hydrogen) atoms. The summed E-state index contributed by atoms with van der Waals surface area (Å²) in [5.41, 5.74) is 5.76. The van der Waals surface area contributed by atoms with E-state index in [1.165, 1.54) is 58.4 Å². The van der Waals surface area contributed by atoms with Crippen LogP contribution < -0.4 is 5.73 Å². The van der Waals surface area contributed by atoms with Crippen LogP contribution in [0, 0.1) is 0 Å².